The number of fused-ring (bicyclic) bond motifs is 1. The summed E-state index contributed by atoms with van der Waals surface area (Å²) in [4.78, 5) is 37.1. The summed E-state index contributed by atoms with van der Waals surface area (Å²) in [5.74, 6) is -0.934. The van der Waals surface area contributed by atoms with Crippen molar-refractivity contribution < 1.29 is 14.3 Å². The van der Waals surface area contributed by atoms with Gasteiger partial charge in [0.2, 0.25) is 5.43 Å². The SMILES string of the molecule is COC(=O)c1c[nH]c2c(c1=O)C(=O)CC2. The van der Waals surface area contributed by atoms with Gasteiger partial charge in [0.1, 0.15) is 5.56 Å². The molecule has 0 aromatic carbocycles. The fourth-order valence-corrected chi connectivity index (χ4v) is 1.69. The van der Waals surface area contributed by atoms with Crippen molar-refractivity contribution in [3.8, 4) is 0 Å². The number of Topliss-reactive ketones (excluding diaryl/α,β-unsaturated/α-hetero) is 1. The first kappa shape index (κ1) is 9.64. The molecule has 0 fully saturated rings. The average molecular weight is 207 g/mol. The highest BCUT2D eigenvalue weighted by molar-refractivity contribution is 6.01. The number of aryl methyl sites for hydroxylation is 1. The number of carbonyl (C=O) groups excluding carboxylic acids is 2. The first-order valence-corrected chi connectivity index (χ1v) is 4.51. The summed E-state index contributed by atoms with van der Waals surface area (Å²) in [6.45, 7) is 0. The van der Waals surface area contributed by atoms with Gasteiger partial charge in [-0.2, -0.15) is 0 Å². The molecule has 78 valence electrons. The average Bonchev–Trinajstić information content (AvgIpc) is 2.61. The molecular weight excluding hydrogens is 198 g/mol. The summed E-state index contributed by atoms with van der Waals surface area (Å²) in [6, 6.07) is 0. The number of aromatic nitrogens is 1. The normalized spacial score (nSPS) is 13.8. The molecule has 0 spiro atoms. The van der Waals surface area contributed by atoms with Crippen LogP contribution in [0.4, 0.5) is 0 Å². The minimum absolute atomic E-state index is 0.109. The van der Waals surface area contributed by atoms with E-state index in [1.54, 1.807) is 0 Å². The minimum atomic E-state index is -0.723. The van der Waals surface area contributed by atoms with Gasteiger partial charge in [-0.1, -0.05) is 0 Å². The van der Waals surface area contributed by atoms with Crippen LogP contribution in [0.3, 0.4) is 0 Å². The van der Waals surface area contributed by atoms with Gasteiger partial charge in [0, 0.05) is 18.3 Å². The number of carbonyl (C=O) groups is 2. The Kier molecular flexibility index (Phi) is 2.15. The molecular formula is C10H9NO4. The molecule has 0 saturated heterocycles. The number of H-pyrrole nitrogens is 1. The van der Waals surface area contributed by atoms with Gasteiger partial charge in [-0.3, -0.25) is 9.59 Å². The number of ketones is 1. The first-order chi connectivity index (χ1) is 7.15. The van der Waals surface area contributed by atoms with Crippen LogP contribution in [0.1, 0.15) is 32.8 Å². The molecule has 0 radical (unpaired) electrons. The fraction of sp³-hybridized carbons (Fsp3) is 0.300. The topological polar surface area (TPSA) is 76.2 Å². The number of nitrogens with one attached hydrogen (secondary N) is 1. The highest BCUT2D eigenvalue weighted by Gasteiger charge is 2.26. The summed E-state index contributed by atoms with van der Waals surface area (Å²) in [7, 11) is 1.19. The number of aromatic amines is 1. The molecule has 5 heteroatoms. The lowest BCUT2D eigenvalue weighted by molar-refractivity contribution is 0.0599. The molecule has 2 rings (SSSR count). The van der Waals surface area contributed by atoms with Crippen molar-refractivity contribution >= 4 is 11.8 Å². The van der Waals surface area contributed by atoms with Crippen molar-refractivity contribution in [2.24, 2.45) is 0 Å². The number of ether oxygens (including phenoxy) is 1. The van der Waals surface area contributed by atoms with Gasteiger partial charge in [-0.15, -0.1) is 0 Å². The summed E-state index contributed by atoms with van der Waals surface area (Å²) in [5, 5.41) is 0. The van der Waals surface area contributed by atoms with Gasteiger partial charge in [-0.05, 0) is 6.42 Å². The minimum Gasteiger partial charge on any atom is -0.465 e. The molecule has 0 aliphatic heterocycles. The smallest absolute Gasteiger partial charge is 0.343 e. The largest absolute Gasteiger partial charge is 0.465 e. The van der Waals surface area contributed by atoms with Crippen molar-refractivity contribution in [2.75, 3.05) is 7.11 Å². The van der Waals surface area contributed by atoms with E-state index in [-0.39, 0.29) is 16.9 Å². The Labute approximate surface area is 85.1 Å². The first-order valence-electron chi connectivity index (χ1n) is 4.51. The Morgan fingerprint density at radius 3 is 2.80 bits per heavy atom. The number of hydrogen-bond donors (Lipinski definition) is 1. The second kappa shape index (κ2) is 3.34. The molecule has 0 bridgehead atoms. The van der Waals surface area contributed by atoms with E-state index in [0.29, 0.717) is 18.5 Å². The van der Waals surface area contributed by atoms with E-state index in [4.69, 9.17) is 0 Å². The zero-order valence-corrected chi connectivity index (χ0v) is 8.12. The Bertz CT molecular complexity index is 501. The zero-order valence-electron chi connectivity index (χ0n) is 8.12. The molecule has 1 heterocycles. The van der Waals surface area contributed by atoms with Crippen LogP contribution in [0.15, 0.2) is 11.0 Å². The molecule has 1 aliphatic rings. The second-order valence-electron chi connectivity index (χ2n) is 3.30. The standard InChI is InChI=1S/C10H9NO4/c1-15-10(14)5-4-11-6-2-3-7(12)8(6)9(5)13/h4H,2-3H2,1H3,(H,11,13). The lowest BCUT2D eigenvalue weighted by Gasteiger charge is -2.01. The zero-order chi connectivity index (χ0) is 11.0. The van der Waals surface area contributed by atoms with Crippen LogP contribution in [-0.4, -0.2) is 23.8 Å². The number of pyridine rings is 1. The summed E-state index contributed by atoms with van der Waals surface area (Å²) in [5.41, 5.74) is 0.0696. The third-order valence-electron chi connectivity index (χ3n) is 2.45. The molecule has 0 saturated carbocycles. The van der Waals surface area contributed by atoms with Gasteiger partial charge in [-0.25, -0.2) is 4.79 Å². The molecule has 0 amide bonds. The van der Waals surface area contributed by atoms with Crippen molar-refractivity contribution in [1.82, 2.24) is 4.98 Å². The third-order valence-corrected chi connectivity index (χ3v) is 2.45. The predicted octanol–water partition coefficient (Wildman–Crippen LogP) is 0.290. The Morgan fingerprint density at radius 1 is 1.40 bits per heavy atom. The van der Waals surface area contributed by atoms with E-state index in [2.05, 4.69) is 9.72 Å². The maximum absolute atomic E-state index is 11.7. The van der Waals surface area contributed by atoms with Crippen LogP contribution >= 0.6 is 0 Å². The van der Waals surface area contributed by atoms with Crippen molar-refractivity contribution in [2.45, 2.75) is 12.8 Å². The quantitative estimate of drug-likeness (QED) is 0.671. The lowest BCUT2D eigenvalue weighted by Crippen LogP contribution is -2.22. The fourth-order valence-electron chi connectivity index (χ4n) is 1.69. The van der Waals surface area contributed by atoms with E-state index in [0.717, 1.165) is 0 Å². The molecule has 1 aliphatic carbocycles. The van der Waals surface area contributed by atoms with Gasteiger partial charge < -0.3 is 9.72 Å². The van der Waals surface area contributed by atoms with Crippen LogP contribution < -0.4 is 5.43 Å². The van der Waals surface area contributed by atoms with Gasteiger partial charge >= 0.3 is 5.97 Å². The van der Waals surface area contributed by atoms with Crippen LogP contribution in [-0.2, 0) is 11.2 Å². The van der Waals surface area contributed by atoms with E-state index < -0.39 is 11.4 Å². The highest BCUT2D eigenvalue weighted by Crippen LogP contribution is 2.16. The van der Waals surface area contributed by atoms with E-state index in [1.165, 1.54) is 13.3 Å². The van der Waals surface area contributed by atoms with Crippen LogP contribution in [0, 0.1) is 0 Å². The Morgan fingerprint density at radius 2 is 2.13 bits per heavy atom. The van der Waals surface area contributed by atoms with Crippen molar-refractivity contribution in [1.29, 1.82) is 0 Å². The molecule has 0 atom stereocenters. The summed E-state index contributed by atoms with van der Waals surface area (Å²) < 4.78 is 4.44. The van der Waals surface area contributed by atoms with Crippen LogP contribution in [0.5, 0.6) is 0 Å². The Hall–Kier alpha value is -1.91. The molecule has 1 aromatic heterocycles. The van der Waals surface area contributed by atoms with Gasteiger partial charge in [0.05, 0.1) is 12.7 Å². The van der Waals surface area contributed by atoms with E-state index >= 15 is 0 Å². The maximum atomic E-state index is 11.7. The second-order valence-corrected chi connectivity index (χ2v) is 3.30. The van der Waals surface area contributed by atoms with Gasteiger partial charge in [0.25, 0.3) is 0 Å². The van der Waals surface area contributed by atoms with Crippen molar-refractivity contribution in [3.63, 3.8) is 0 Å². The number of esters is 1. The molecule has 5 nitrogen and oxygen atoms in total. The third kappa shape index (κ3) is 1.36. The van der Waals surface area contributed by atoms with Crippen LogP contribution in [0.2, 0.25) is 0 Å². The maximum Gasteiger partial charge on any atom is 0.343 e. The molecule has 0 unspecified atom stereocenters. The summed E-state index contributed by atoms with van der Waals surface area (Å²) >= 11 is 0. The molecule has 1 N–H and O–H groups in total. The Balaban J connectivity index is 2.64. The highest BCUT2D eigenvalue weighted by atomic mass is 16.5. The van der Waals surface area contributed by atoms with Gasteiger partial charge in [0.15, 0.2) is 5.78 Å². The molecule has 15 heavy (non-hydrogen) atoms. The van der Waals surface area contributed by atoms with Crippen LogP contribution in [0.25, 0.3) is 0 Å². The monoisotopic (exact) mass is 207 g/mol. The van der Waals surface area contributed by atoms with E-state index in [1.807, 2.05) is 0 Å². The predicted molar refractivity (Wildman–Crippen MR) is 51.1 cm³/mol. The number of rotatable bonds is 1. The van der Waals surface area contributed by atoms with E-state index in [9.17, 15) is 14.4 Å². The lowest BCUT2D eigenvalue weighted by atomic mass is 10.1. The molecule has 1 aromatic rings. The summed E-state index contributed by atoms with van der Waals surface area (Å²) in [6.07, 6.45) is 2.15. The number of methoxy groups -OCH3 is 1. The van der Waals surface area contributed by atoms with Crippen molar-refractivity contribution in [3.05, 3.63) is 33.2 Å². The number of hydrogen-bond acceptors (Lipinski definition) is 4.